The van der Waals surface area contributed by atoms with E-state index in [0.29, 0.717) is 18.0 Å². The molecule has 0 spiro atoms. The van der Waals surface area contributed by atoms with Gasteiger partial charge in [0.15, 0.2) is 0 Å². The van der Waals surface area contributed by atoms with E-state index < -0.39 is 11.7 Å². The van der Waals surface area contributed by atoms with Crippen molar-refractivity contribution in [1.29, 1.82) is 0 Å². The van der Waals surface area contributed by atoms with Crippen LogP contribution in [0.1, 0.15) is 43.7 Å². The SMILES string of the molecule is CN(C)CCN(C(=O)/C=C/c1cccc(C(F)(F)F)c1)[C@H]1CC[C@H](C)CC1. The van der Waals surface area contributed by atoms with Gasteiger partial charge >= 0.3 is 6.18 Å². The molecule has 1 aromatic carbocycles. The molecule has 1 aliphatic carbocycles. The van der Waals surface area contributed by atoms with Gasteiger partial charge in [0.2, 0.25) is 5.91 Å². The molecule has 0 N–H and O–H groups in total. The maximum absolute atomic E-state index is 12.8. The van der Waals surface area contributed by atoms with Gasteiger partial charge in [-0.25, -0.2) is 0 Å². The largest absolute Gasteiger partial charge is 0.416 e. The van der Waals surface area contributed by atoms with Crippen molar-refractivity contribution in [2.75, 3.05) is 27.2 Å². The topological polar surface area (TPSA) is 23.6 Å². The maximum atomic E-state index is 12.8. The minimum Gasteiger partial charge on any atom is -0.335 e. The Morgan fingerprint density at radius 1 is 1.15 bits per heavy atom. The summed E-state index contributed by atoms with van der Waals surface area (Å²) in [6.45, 7) is 3.61. The number of benzene rings is 1. The Hall–Kier alpha value is -1.82. The molecule has 0 bridgehead atoms. The fraction of sp³-hybridized carbons (Fsp3) is 0.571. The van der Waals surface area contributed by atoms with E-state index in [1.807, 2.05) is 23.9 Å². The average Bonchev–Trinajstić information content (AvgIpc) is 2.61. The molecular weight excluding hydrogens is 353 g/mol. The highest BCUT2D eigenvalue weighted by Crippen LogP contribution is 2.30. The number of hydrogen-bond donors (Lipinski definition) is 0. The summed E-state index contributed by atoms with van der Waals surface area (Å²) in [5, 5.41) is 0. The highest BCUT2D eigenvalue weighted by molar-refractivity contribution is 5.92. The Kier molecular flexibility index (Phi) is 7.48. The fourth-order valence-electron chi connectivity index (χ4n) is 3.42. The van der Waals surface area contributed by atoms with Gasteiger partial charge in [0.1, 0.15) is 0 Å². The summed E-state index contributed by atoms with van der Waals surface area (Å²) < 4.78 is 38.5. The summed E-state index contributed by atoms with van der Waals surface area (Å²) in [6.07, 6.45) is 2.68. The molecule has 1 amide bonds. The number of amides is 1. The van der Waals surface area contributed by atoms with Gasteiger partial charge in [-0.3, -0.25) is 4.79 Å². The lowest BCUT2D eigenvalue weighted by Gasteiger charge is -2.36. The average molecular weight is 382 g/mol. The van der Waals surface area contributed by atoms with E-state index in [2.05, 4.69) is 6.92 Å². The Bertz CT molecular complexity index is 647. The van der Waals surface area contributed by atoms with Gasteiger partial charge in [-0.2, -0.15) is 13.2 Å². The molecule has 0 unspecified atom stereocenters. The normalized spacial score (nSPS) is 21.0. The lowest BCUT2D eigenvalue weighted by Crippen LogP contribution is -2.44. The van der Waals surface area contributed by atoms with Gasteiger partial charge in [-0.05, 0) is 69.5 Å². The van der Waals surface area contributed by atoms with Crippen LogP contribution < -0.4 is 0 Å². The van der Waals surface area contributed by atoms with Crippen molar-refractivity contribution in [3.8, 4) is 0 Å². The van der Waals surface area contributed by atoms with Crippen LogP contribution in [0.4, 0.5) is 13.2 Å². The molecule has 1 aliphatic rings. The van der Waals surface area contributed by atoms with Gasteiger partial charge < -0.3 is 9.80 Å². The van der Waals surface area contributed by atoms with Crippen molar-refractivity contribution in [2.24, 2.45) is 5.92 Å². The monoisotopic (exact) mass is 382 g/mol. The fourth-order valence-corrected chi connectivity index (χ4v) is 3.42. The third kappa shape index (κ3) is 6.69. The molecule has 1 fully saturated rings. The number of nitrogens with zero attached hydrogens (tertiary/aromatic N) is 2. The minimum absolute atomic E-state index is 0.131. The van der Waals surface area contributed by atoms with Crippen molar-refractivity contribution in [3.05, 3.63) is 41.5 Å². The molecule has 27 heavy (non-hydrogen) atoms. The first-order valence-corrected chi connectivity index (χ1v) is 9.47. The van der Waals surface area contributed by atoms with Crippen LogP contribution in [0.2, 0.25) is 0 Å². The summed E-state index contributed by atoms with van der Waals surface area (Å²) >= 11 is 0. The zero-order chi connectivity index (χ0) is 20.0. The summed E-state index contributed by atoms with van der Waals surface area (Å²) in [6, 6.07) is 5.24. The van der Waals surface area contributed by atoms with E-state index in [0.717, 1.165) is 44.4 Å². The molecule has 0 aliphatic heterocycles. The van der Waals surface area contributed by atoms with Crippen LogP contribution in [-0.4, -0.2) is 48.9 Å². The molecule has 3 nitrogen and oxygen atoms in total. The summed E-state index contributed by atoms with van der Waals surface area (Å²) in [7, 11) is 3.92. The zero-order valence-corrected chi connectivity index (χ0v) is 16.3. The first-order chi connectivity index (χ1) is 12.7. The standard InChI is InChI=1S/C21H29F3N2O/c1-16-7-10-19(11-8-16)26(14-13-25(2)3)20(27)12-9-17-5-4-6-18(15-17)21(22,23)24/h4-6,9,12,15-16,19H,7-8,10-11,13-14H2,1-3H3/b12-9+/t16-,19-. The van der Waals surface area contributed by atoms with Crippen molar-refractivity contribution < 1.29 is 18.0 Å². The Balaban J connectivity index is 2.11. The maximum Gasteiger partial charge on any atom is 0.416 e. The lowest BCUT2D eigenvalue weighted by molar-refractivity contribution is -0.137. The van der Waals surface area contributed by atoms with E-state index in [1.54, 1.807) is 6.07 Å². The number of carbonyl (C=O) groups excluding carboxylic acids is 1. The van der Waals surface area contributed by atoms with Crippen LogP contribution in [0.5, 0.6) is 0 Å². The highest BCUT2D eigenvalue weighted by Gasteiger charge is 2.30. The molecule has 6 heteroatoms. The summed E-state index contributed by atoms with van der Waals surface area (Å²) in [5.74, 6) is 0.557. The second-order valence-electron chi connectivity index (χ2n) is 7.71. The first-order valence-electron chi connectivity index (χ1n) is 9.47. The molecule has 0 saturated heterocycles. The molecule has 1 aromatic rings. The molecule has 0 heterocycles. The van der Waals surface area contributed by atoms with E-state index >= 15 is 0 Å². The van der Waals surface area contributed by atoms with Crippen LogP contribution in [-0.2, 0) is 11.0 Å². The third-order valence-electron chi connectivity index (χ3n) is 5.13. The Morgan fingerprint density at radius 2 is 1.81 bits per heavy atom. The van der Waals surface area contributed by atoms with Crippen molar-refractivity contribution >= 4 is 12.0 Å². The summed E-state index contributed by atoms with van der Waals surface area (Å²) in [4.78, 5) is 16.7. The predicted octanol–water partition coefficient (Wildman–Crippen LogP) is 4.69. The van der Waals surface area contributed by atoms with Crippen LogP contribution in [0.15, 0.2) is 30.3 Å². The molecule has 150 valence electrons. The number of hydrogen-bond acceptors (Lipinski definition) is 2. The number of alkyl halides is 3. The minimum atomic E-state index is -4.38. The lowest BCUT2D eigenvalue weighted by atomic mass is 9.86. The van der Waals surface area contributed by atoms with E-state index in [-0.39, 0.29) is 11.9 Å². The molecular formula is C21H29F3N2O. The van der Waals surface area contributed by atoms with Gasteiger partial charge in [0.25, 0.3) is 0 Å². The second-order valence-corrected chi connectivity index (χ2v) is 7.71. The molecule has 2 rings (SSSR count). The van der Waals surface area contributed by atoms with Crippen molar-refractivity contribution in [1.82, 2.24) is 9.80 Å². The Labute approximate surface area is 159 Å². The number of halogens is 3. The van der Waals surface area contributed by atoms with E-state index in [1.165, 1.54) is 18.2 Å². The third-order valence-corrected chi connectivity index (χ3v) is 5.13. The highest BCUT2D eigenvalue weighted by atomic mass is 19.4. The Morgan fingerprint density at radius 3 is 2.41 bits per heavy atom. The number of likely N-dealkylation sites (N-methyl/N-ethyl adjacent to an activating group) is 1. The van der Waals surface area contributed by atoms with Crippen LogP contribution in [0.25, 0.3) is 6.08 Å². The number of carbonyl (C=O) groups is 1. The predicted molar refractivity (Wildman–Crippen MR) is 102 cm³/mol. The quantitative estimate of drug-likeness (QED) is 0.667. The van der Waals surface area contributed by atoms with Crippen LogP contribution >= 0.6 is 0 Å². The molecule has 0 radical (unpaired) electrons. The smallest absolute Gasteiger partial charge is 0.335 e. The van der Waals surface area contributed by atoms with Crippen molar-refractivity contribution in [2.45, 2.75) is 44.8 Å². The van der Waals surface area contributed by atoms with Crippen LogP contribution in [0.3, 0.4) is 0 Å². The molecule has 0 aromatic heterocycles. The zero-order valence-electron chi connectivity index (χ0n) is 16.3. The van der Waals surface area contributed by atoms with Crippen molar-refractivity contribution in [3.63, 3.8) is 0 Å². The van der Waals surface area contributed by atoms with E-state index in [9.17, 15) is 18.0 Å². The van der Waals surface area contributed by atoms with Crippen LogP contribution in [0, 0.1) is 5.92 Å². The molecule has 1 saturated carbocycles. The summed E-state index contributed by atoms with van der Waals surface area (Å²) in [5.41, 5.74) is -0.328. The number of rotatable bonds is 6. The first kappa shape index (κ1) is 21.5. The van der Waals surface area contributed by atoms with Gasteiger partial charge in [-0.1, -0.05) is 19.1 Å². The van der Waals surface area contributed by atoms with E-state index in [4.69, 9.17) is 0 Å². The van der Waals surface area contributed by atoms with Gasteiger partial charge in [-0.15, -0.1) is 0 Å². The van der Waals surface area contributed by atoms with Gasteiger partial charge in [0.05, 0.1) is 5.56 Å². The second kappa shape index (κ2) is 9.40. The molecule has 0 atom stereocenters. The van der Waals surface area contributed by atoms with Gasteiger partial charge in [0, 0.05) is 25.2 Å².